The summed E-state index contributed by atoms with van der Waals surface area (Å²) < 4.78 is 47.9. The van der Waals surface area contributed by atoms with E-state index in [9.17, 15) is 31.5 Å². The molecular formula is C23H39ClN3NaO8S2. The number of carbonyl (C=O) groups is 2. The summed E-state index contributed by atoms with van der Waals surface area (Å²) in [6.45, 7) is 8.04. The van der Waals surface area contributed by atoms with Gasteiger partial charge in [0.15, 0.2) is 0 Å². The Morgan fingerprint density at radius 2 is 1.47 bits per heavy atom. The van der Waals surface area contributed by atoms with Crippen molar-refractivity contribution in [1.29, 1.82) is 0 Å². The van der Waals surface area contributed by atoms with E-state index >= 15 is 0 Å². The molecular weight excluding hydrogens is 569 g/mol. The summed E-state index contributed by atoms with van der Waals surface area (Å²) in [6.07, 6.45) is 6.96. The van der Waals surface area contributed by atoms with E-state index in [1.165, 1.54) is 6.07 Å². The summed E-state index contributed by atoms with van der Waals surface area (Å²) in [5, 5.41) is 26.5. The van der Waals surface area contributed by atoms with E-state index < -0.39 is 36.9 Å². The number of carboxylic acid groups (broad SMARTS) is 2. The monoisotopic (exact) mass is 607 g/mol. The van der Waals surface area contributed by atoms with Crippen molar-refractivity contribution in [2.24, 2.45) is 17.0 Å². The number of benzene rings is 1. The van der Waals surface area contributed by atoms with Crippen LogP contribution in [-0.4, -0.2) is 40.5 Å². The van der Waals surface area contributed by atoms with Gasteiger partial charge in [0.25, 0.3) is 0 Å². The zero-order valence-electron chi connectivity index (χ0n) is 22.8. The van der Waals surface area contributed by atoms with E-state index in [1.807, 2.05) is 27.7 Å². The van der Waals surface area contributed by atoms with Gasteiger partial charge in [0.2, 0.25) is 20.0 Å². The zero-order valence-corrected chi connectivity index (χ0v) is 27.1. The van der Waals surface area contributed by atoms with Crippen LogP contribution in [0.2, 0.25) is 5.02 Å². The van der Waals surface area contributed by atoms with Crippen LogP contribution in [0, 0.1) is 11.8 Å². The topological polar surface area (TPSA) is 196 Å². The van der Waals surface area contributed by atoms with Crippen molar-refractivity contribution in [3.8, 4) is 0 Å². The van der Waals surface area contributed by atoms with Crippen molar-refractivity contribution in [3.05, 3.63) is 17.2 Å². The number of fused-ring (bicyclic) bond motifs is 1. The summed E-state index contributed by atoms with van der Waals surface area (Å²) in [6, 6.07) is 2.15. The minimum atomic E-state index is -4.07. The first-order valence-electron chi connectivity index (χ1n) is 12.2. The van der Waals surface area contributed by atoms with Crippen LogP contribution in [0.15, 0.2) is 21.9 Å². The van der Waals surface area contributed by atoms with Gasteiger partial charge in [0, 0.05) is 5.97 Å². The number of primary sulfonamides is 1. The Bertz CT molecular complexity index is 1060. The molecule has 5 N–H and O–H groups in total. The van der Waals surface area contributed by atoms with Gasteiger partial charge in [-0.25, -0.2) is 22.0 Å². The van der Waals surface area contributed by atoms with Crippen molar-refractivity contribution in [2.45, 2.75) is 88.9 Å². The number of hydrogen-bond acceptors (Lipinski definition) is 8. The van der Waals surface area contributed by atoms with Crippen LogP contribution in [0.3, 0.4) is 0 Å². The minimum absolute atomic E-state index is 0. The summed E-state index contributed by atoms with van der Waals surface area (Å²) in [4.78, 5) is 20.2. The van der Waals surface area contributed by atoms with Gasteiger partial charge in [-0.3, -0.25) is 4.79 Å². The predicted molar refractivity (Wildman–Crippen MR) is 141 cm³/mol. The maximum absolute atomic E-state index is 11.6. The number of sulfonamides is 2. The maximum Gasteiger partial charge on any atom is 1.00 e. The van der Waals surface area contributed by atoms with Crippen LogP contribution in [0.25, 0.3) is 0 Å². The number of rotatable bonds is 11. The Balaban J connectivity index is 0. The average molecular weight is 608 g/mol. The normalized spacial score (nSPS) is 13.6. The Kier molecular flexibility index (Phi) is 19.8. The summed E-state index contributed by atoms with van der Waals surface area (Å²) in [7, 11) is -7.80. The quantitative estimate of drug-likeness (QED) is 0.248. The van der Waals surface area contributed by atoms with Crippen molar-refractivity contribution in [3.63, 3.8) is 0 Å². The standard InChI is InChI=1S/2C8H16O2.C7H8ClN3O4S2.Na/c2*1-3-5-7(6-4-2)8(9)10;8-4-1-5-7(2-6(4)16(9,12)13)17(14,15)11-3-10-5;/h2*7H,3-6H2,1-2H3,(H,9,10);1-2,10-11H,3H2,(H2,9,12,13);/q;;;+1/p-1. The minimum Gasteiger partial charge on any atom is -0.550 e. The fourth-order valence-corrected chi connectivity index (χ4v) is 5.87. The molecule has 0 aliphatic carbocycles. The smallest absolute Gasteiger partial charge is 0.550 e. The SMILES string of the molecule is CCCC(CCC)C(=O)O.CCCC(CCC)C(=O)[O-].NS(=O)(=O)c1cc2c(cc1Cl)NCNS2(=O)=O.[Na+]. The first-order chi connectivity index (χ1) is 17.2. The molecule has 11 nitrogen and oxygen atoms in total. The van der Waals surface area contributed by atoms with E-state index in [2.05, 4.69) is 10.0 Å². The number of nitrogens with one attached hydrogen (secondary N) is 2. The van der Waals surface area contributed by atoms with Crippen LogP contribution >= 0.6 is 11.6 Å². The molecule has 0 spiro atoms. The molecule has 15 heteroatoms. The van der Waals surface area contributed by atoms with Crippen LogP contribution < -0.4 is 49.8 Å². The molecule has 0 radical (unpaired) electrons. The second-order valence-electron chi connectivity index (χ2n) is 8.53. The molecule has 0 saturated heterocycles. The van der Waals surface area contributed by atoms with Gasteiger partial charge in [-0.15, -0.1) is 0 Å². The second kappa shape index (κ2) is 19.2. The third-order valence-electron chi connectivity index (χ3n) is 5.40. The summed E-state index contributed by atoms with van der Waals surface area (Å²) in [5.41, 5.74) is 0.237. The number of halogens is 1. The third kappa shape index (κ3) is 13.9. The molecule has 2 rings (SSSR count). The summed E-state index contributed by atoms with van der Waals surface area (Å²) in [5.74, 6) is -1.84. The number of aliphatic carboxylic acids is 2. The molecule has 0 fully saturated rings. The number of nitrogens with two attached hydrogens (primary N) is 1. The van der Waals surface area contributed by atoms with Crippen molar-refractivity contribution in [2.75, 3.05) is 12.0 Å². The van der Waals surface area contributed by atoms with Crippen molar-refractivity contribution < 1.29 is 66.2 Å². The molecule has 1 heterocycles. The van der Waals surface area contributed by atoms with Crippen LogP contribution in [0.1, 0.15) is 79.1 Å². The Morgan fingerprint density at radius 3 is 1.84 bits per heavy atom. The largest absolute Gasteiger partial charge is 1.00 e. The number of carbonyl (C=O) groups excluding carboxylic acids is 1. The predicted octanol–water partition coefficient (Wildman–Crippen LogP) is -0.107. The van der Waals surface area contributed by atoms with Gasteiger partial charge in [-0.1, -0.05) is 65.0 Å². The summed E-state index contributed by atoms with van der Waals surface area (Å²) >= 11 is 5.72. The molecule has 1 aromatic carbocycles. The van der Waals surface area contributed by atoms with E-state index in [0.717, 1.165) is 57.4 Å². The van der Waals surface area contributed by atoms with Gasteiger partial charge in [-0.2, -0.15) is 4.72 Å². The molecule has 1 aromatic rings. The van der Waals surface area contributed by atoms with Crippen LogP contribution in [-0.2, 0) is 29.6 Å². The average Bonchev–Trinajstić information content (AvgIpc) is 2.78. The van der Waals surface area contributed by atoms with E-state index in [-0.39, 0.29) is 63.7 Å². The van der Waals surface area contributed by atoms with Gasteiger partial charge >= 0.3 is 35.5 Å². The fraction of sp³-hybridized carbons (Fsp3) is 0.652. The zero-order chi connectivity index (χ0) is 28.8. The Hall–Kier alpha value is -0.930. The van der Waals surface area contributed by atoms with Gasteiger partial charge in [-0.05, 0) is 43.7 Å². The molecule has 38 heavy (non-hydrogen) atoms. The van der Waals surface area contributed by atoms with Crippen molar-refractivity contribution in [1.82, 2.24) is 4.72 Å². The number of carboxylic acids is 2. The molecule has 1 aliphatic rings. The third-order valence-corrected chi connectivity index (χ3v) is 8.22. The second-order valence-corrected chi connectivity index (χ2v) is 12.2. The molecule has 214 valence electrons. The molecule has 0 unspecified atom stereocenters. The van der Waals surface area contributed by atoms with Crippen LogP contribution in [0.5, 0.6) is 0 Å². The molecule has 0 saturated carbocycles. The van der Waals surface area contributed by atoms with Gasteiger partial charge in [0.05, 0.1) is 23.3 Å². The van der Waals surface area contributed by atoms with E-state index in [4.69, 9.17) is 21.8 Å². The molecule has 0 aromatic heterocycles. The van der Waals surface area contributed by atoms with Gasteiger partial charge in [0.1, 0.15) is 9.79 Å². The maximum atomic E-state index is 11.6. The Morgan fingerprint density at radius 1 is 1.03 bits per heavy atom. The van der Waals surface area contributed by atoms with E-state index in [1.54, 1.807) is 0 Å². The first-order valence-corrected chi connectivity index (χ1v) is 15.6. The van der Waals surface area contributed by atoms with Crippen LogP contribution in [0.4, 0.5) is 5.69 Å². The molecule has 0 amide bonds. The first kappa shape index (κ1) is 39.2. The molecule has 0 atom stereocenters. The van der Waals surface area contributed by atoms with Crippen molar-refractivity contribution >= 4 is 49.3 Å². The Labute approximate surface area is 253 Å². The van der Waals surface area contributed by atoms with Gasteiger partial charge < -0.3 is 20.3 Å². The van der Waals surface area contributed by atoms with E-state index in [0.29, 0.717) is 0 Å². The molecule has 1 aliphatic heterocycles. The molecule has 0 bridgehead atoms. The number of hydrogen-bond donors (Lipinski definition) is 4. The fourth-order valence-electron chi connectivity index (χ4n) is 3.58. The number of anilines is 1.